The summed E-state index contributed by atoms with van der Waals surface area (Å²) >= 11 is 0. The number of nitrogens with one attached hydrogen (secondary N) is 1. The monoisotopic (exact) mass is 302 g/mol. The first-order chi connectivity index (χ1) is 10.6. The molecule has 3 rings (SSSR count). The number of hydrogen-bond donors (Lipinski definition) is 1. The first-order valence-corrected chi connectivity index (χ1v) is 7.14. The average molecular weight is 302 g/mol. The first-order valence-electron chi connectivity index (χ1n) is 7.14. The molecule has 0 unspecified atom stereocenters. The molecule has 1 amide bonds. The number of hydrogen-bond acceptors (Lipinski definition) is 5. The minimum Gasteiger partial charge on any atom is -0.493 e. The Morgan fingerprint density at radius 1 is 1.41 bits per heavy atom. The van der Waals surface area contributed by atoms with E-state index in [-0.39, 0.29) is 11.9 Å². The van der Waals surface area contributed by atoms with Crippen molar-refractivity contribution in [1.82, 2.24) is 14.8 Å². The summed E-state index contributed by atoms with van der Waals surface area (Å²) in [5, 5.41) is 6.94. The molecule has 116 valence electrons. The highest BCUT2D eigenvalue weighted by atomic mass is 16.5. The maximum Gasteiger partial charge on any atom is 0.229 e. The van der Waals surface area contributed by atoms with E-state index in [1.807, 2.05) is 26.0 Å². The van der Waals surface area contributed by atoms with E-state index in [1.54, 1.807) is 11.8 Å². The number of carbonyl (C=O) groups is 1. The molecule has 0 fully saturated rings. The highest BCUT2D eigenvalue weighted by molar-refractivity contribution is 5.91. The van der Waals surface area contributed by atoms with Crippen LogP contribution in [-0.4, -0.2) is 34.4 Å². The van der Waals surface area contributed by atoms with Crippen molar-refractivity contribution < 1.29 is 14.3 Å². The Kier molecular flexibility index (Phi) is 3.70. The Hall–Kier alpha value is -2.57. The Morgan fingerprint density at radius 2 is 2.23 bits per heavy atom. The van der Waals surface area contributed by atoms with Crippen molar-refractivity contribution in [2.24, 2.45) is 0 Å². The number of aryl methyl sites for hydroxylation is 1. The molecule has 0 bridgehead atoms. The summed E-state index contributed by atoms with van der Waals surface area (Å²) in [5.74, 6) is 1.74. The van der Waals surface area contributed by atoms with E-state index in [9.17, 15) is 4.79 Å². The van der Waals surface area contributed by atoms with Gasteiger partial charge in [0.2, 0.25) is 11.9 Å². The molecule has 1 aliphatic heterocycles. The molecule has 7 nitrogen and oxygen atoms in total. The third-order valence-electron chi connectivity index (χ3n) is 3.71. The lowest BCUT2D eigenvalue weighted by molar-refractivity contribution is -0.117. The van der Waals surface area contributed by atoms with Crippen LogP contribution in [0.5, 0.6) is 11.5 Å². The third-order valence-corrected chi connectivity index (χ3v) is 3.71. The molecule has 1 atom stereocenters. The smallest absolute Gasteiger partial charge is 0.229 e. The van der Waals surface area contributed by atoms with Gasteiger partial charge >= 0.3 is 0 Å². The zero-order valence-corrected chi connectivity index (χ0v) is 12.8. The van der Waals surface area contributed by atoms with Crippen LogP contribution >= 0.6 is 0 Å². The Bertz CT molecular complexity index is 711. The van der Waals surface area contributed by atoms with Gasteiger partial charge in [-0.15, -0.1) is 0 Å². The normalized spacial score (nSPS) is 16.9. The summed E-state index contributed by atoms with van der Waals surface area (Å²) in [4.78, 5) is 16.0. The molecule has 1 aromatic heterocycles. The Balaban J connectivity index is 2.09. The zero-order chi connectivity index (χ0) is 15.7. The molecule has 0 spiro atoms. The predicted molar refractivity (Wildman–Crippen MR) is 80.3 cm³/mol. The molecule has 1 aromatic carbocycles. The quantitative estimate of drug-likeness (QED) is 0.933. The Morgan fingerprint density at radius 3 is 2.95 bits per heavy atom. The molecule has 0 saturated carbocycles. The van der Waals surface area contributed by atoms with Crippen LogP contribution in [0, 0.1) is 6.92 Å². The minimum absolute atomic E-state index is 0.0707. The van der Waals surface area contributed by atoms with Crippen molar-refractivity contribution in [2.45, 2.75) is 26.3 Å². The molecular weight excluding hydrogens is 284 g/mol. The minimum atomic E-state index is -0.198. The average Bonchev–Trinajstić information content (AvgIpc) is 2.96. The van der Waals surface area contributed by atoms with E-state index in [4.69, 9.17) is 9.47 Å². The van der Waals surface area contributed by atoms with Crippen molar-refractivity contribution in [2.75, 3.05) is 19.0 Å². The van der Waals surface area contributed by atoms with Crippen LogP contribution < -0.4 is 14.8 Å². The van der Waals surface area contributed by atoms with Crippen molar-refractivity contribution in [3.63, 3.8) is 0 Å². The van der Waals surface area contributed by atoms with Gasteiger partial charge in [-0.25, -0.2) is 4.68 Å². The predicted octanol–water partition coefficient (Wildman–Crippen LogP) is 1.93. The van der Waals surface area contributed by atoms with Crippen LogP contribution in [0.4, 0.5) is 5.95 Å². The molecule has 1 N–H and O–H groups in total. The van der Waals surface area contributed by atoms with Gasteiger partial charge in [-0.05, 0) is 37.1 Å². The fourth-order valence-electron chi connectivity index (χ4n) is 2.71. The molecule has 2 aromatic rings. The third kappa shape index (κ3) is 2.38. The van der Waals surface area contributed by atoms with Crippen LogP contribution in [0.2, 0.25) is 0 Å². The van der Waals surface area contributed by atoms with E-state index in [0.717, 1.165) is 11.1 Å². The summed E-state index contributed by atoms with van der Waals surface area (Å²) in [7, 11) is 1.61. The van der Waals surface area contributed by atoms with E-state index in [1.165, 1.54) is 6.33 Å². The molecule has 22 heavy (non-hydrogen) atoms. The van der Waals surface area contributed by atoms with Crippen molar-refractivity contribution in [3.05, 3.63) is 29.6 Å². The van der Waals surface area contributed by atoms with Crippen LogP contribution in [0.1, 0.15) is 30.5 Å². The van der Waals surface area contributed by atoms with E-state index < -0.39 is 0 Å². The lowest BCUT2D eigenvalue weighted by Gasteiger charge is -2.26. The van der Waals surface area contributed by atoms with Gasteiger partial charge in [-0.3, -0.25) is 10.1 Å². The van der Waals surface area contributed by atoms with Gasteiger partial charge in [0.15, 0.2) is 11.5 Å². The van der Waals surface area contributed by atoms with Crippen LogP contribution in [-0.2, 0) is 4.79 Å². The molecule has 0 aliphatic carbocycles. The molecule has 0 radical (unpaired) electrons. The number of benzene rings is 1. The highest BCUT2D eigenvalue weighted by Crippen LogP contribution is 2.37. The van der Waals surface area contributed by atoms with Crippen molar-refractivity contribution in [3.8, 4) is 11.5 Å². The number of carbonyl (C=O) groups excluding carboxylic acids is 1. The number of amides is 1. The zero-order valence-electron chi connectivity index (χ0n) is 12.8. The molecular formula is C15H18N4O3. The second kappa shape index (κ2) is 5.67. The van der Waals surface area contributed by atoms with Crippen molar-refractivity contribution in [1.29, 1.82) is 0 Å². The number of methoxy groups -OCH3 is 1. The molecule has 7 heteroatoms. The van der Waals surface area contributed by atoms with Crippen molar-refractivity contribution >= 4 is 11.9 Å². The molecule has 0 saturated heterocycles. The summed E-state index contributed by atoms with van der Waals surface area (Å²) in [6, 6.07) is 3.65. The first kappa shape index (κ1) is 14.4. The topological polar surface area (TPSA) is 78.3 Å². The van der Waals surface area contributed by atoms with Gasteiger partial charge in [0.25, 0.3) is 0 Å². The van der Waals surface area contributed by atoms with E-state index in [0.29, 0.717) is 30.5 Å². The fourth-order valence-corrected chi connectivity index (χ4v) is 2.71. The highest BCUT2D eigenvalue weighted by Gasteiger charge is 2.29. The van der Waals surface area contributed by atoms with Gasteiger partial charge in [0, 0.05) is 0 Å². The van der Waals surface area contributed by atoms with Gasteiger partial charge in [-0.1, -0.05) is 0 Å². The van der Waals surface area contributed by atoms with Gasteiger partial charge in [0.1, 0.15) is 6.33 Å². The van der Waals surface area contributed by atoms with Crippen LogP contribution in [0.25, 0.3) is 0 Å². The molecule has 2 heterocycles. The van der Waals surface area contributed by atoms with E-state index in [2.05, 4.69) is 15.4 Å². The van der Waals surface area contributed by atoms with Crippen LogP contribution in [0.15, 0.2) is 18.5 Å². The Labute approximate surface area is 128 Å². The van der Waals surface area contributed by atoms with Crippen LogP contribution in [0.3, 0.4) is 0 Å². The number of rotatable bonds is 4. The summed E-state index contributed by atoms with van der Waals surface area (Å²) in [6.07, 6.45) is 1.76. The standard InChI is InChI=1S/C15H18N4O3/c1-4-22-13-6-10(9(2)5-12(13)21-3)11-7-14(20)18-15-16-8-17-19(11)15/h5-6,8,11H,4,7H2,1-3H3,(H,16,17,18,20)/t11-/m1/s1. The maximum atomic E-state index is 11.9. The number of nitrogens with zero attached hydrogens (tertiary/aromatic N) is 3. The lowest BCUT2D eigenvalue weighted by Crippen LogP contribution is -2.29. The fraction of sp³-hybridized carbons (Fsp3) is 0.400. The summed E-state index contributed by atoms with van der Waals surface area (Å²) < 4.78 is 12.7. The van der Waals surface area contributed by atoms with Gasteiger partial charge in [-0.2, -0.15) is 10.1 Å². The second-order valence-electron chi connectivity index (χ2n) is 5.09. The number of fused-ring (bicyclic) bond motifs is 1. The lowest BCUT2D eigenvalue weighted by atomic mass is 9.97. The summed E-state index contributed by atoms with van der Waals surface area (Å²) in [6.45, 7) is 4.44. The van der Waals surface area contributed by atoms with E-state index >= 15 is 0 Å². The maximum absolute atomic E-state index is 11.9. The number of anilines is 1. The second-order valence-corrected chi connectivity index (χ2v) is 5.09. The SMILES string of the molecule is CCOc1cc([C@H]2CC(=O)Nc3ncnn32)c(C)cc1OC. The number of ether oxygens (including phenoxy) is 2. The summed E-state index contributed by atoms with van der Waals surface area (Å²) in [5.41, 5.74) is 1.99. The largest absolute Gasteiger partial charge is 0.493 e. The van der Waals surface area contributed by atoms with Gasteiger partial charge < -0.3 is 9.47 Å². The van der Waals surface area contributed by atoms with Gasteiger partial charge in [0.05, 0.1) is 26.2 Å². The molecule has 1 aliphatic rings. The number of aromatic nitrogens is 3.